The maximum atomic E-state index is 13.1. The maximum Gasteiger partial charge on any atom is 0.320 e. The Morgan fingerprint density at radius 2 is 1.96 bits per heavy atom. The fourth-order valence-corrected chi connectivity index (χ4v) is 3.87. The van der Waals surface area contributed by atoms with Gasteiger partial charge < -0.3 is 19.3 Å². The minimum atomic E-state index is -0.592. The zero-order valence-corrected chi connectivity index (χ0v) is 14.7. The number of morpholine rings is 1. The van der Waals surface area contributed by atoms with E-state index in [0.717, 1.165) is 18.4 Å². The van der Waals surface area contributed by atoms with Gasteiger partial charge in [-0.1, -0.05) is 6.07 Å². The van der Waals surface area contributed by atoms with Crippen LogP contribution in [0.2, 0.25) is 0 Å². The third-order valence-corrected chi connectivity index (χ3v) is 5.34. The van der Waals surface area contributed by atoms with Crippen LogP contribution in [-0.4, -0.2) is 64.9 Å². The van der Waals surface area contributed by atoms with E-state index in [1.165, 1.54) is 0 Å². The largest absolute Gasteiger partial charge is 0.491 e. The zero-order valence-electron chi connectivity index (χ0n) is 14.7. The predicted molar refractivity (Wildman–Crippen MR) is 91.1 cm³/mol. The predicted octanol–water partition coefficient (Wildman–Crippen LogP) is 1.37. The van der Waals surface area contributed by atoms with Crippen LogP contribution in [0.4, 0.5) is 4.79 Å². The highest BCUT2D eigenvalue weighted by Gasteiger charge is 2.38. The highest BCUT2D eigenvalue weighted by atomic mass is 16.5. The summed E-state index contributed by atoms with van der Waals surface area (Å²) in [4.78, 5) is 28.4. The van der Waals surface area contributed by atoms with Crippen molar-refractivity contribution in [3.8, 4) is 5.75 Å². The van der Waals surface area contributed by atoms with Gasteiger partial charge in [-0.15, -0.1) is 0 Å². The van der Waals surface area contributed by atoms with Gasteiger partial charge in [-0.05, 0) is 31.9 Å². The molecule has 1 aromatic carbocycles. The quantitative estimate of drug-likeness (QED) is 0.582. The van der Waals surface area contributed by atoms with Gasteiger partial charge >= 0.3 is 6.03 Å². The Morgan fingerprint density at radius 3 is 2.65 bits per heavy atom. The number of likely N-dealkylation sites (tertiary alicyclic amines) is 1. The topological polar surface area (TPSA) is 91.3 Å². The van der Waals surface area contributed by atoms with Gasteiger partial charge in [-0.2, -0.15) is 0 Å². The molecule has 2 bridgehead atoms. The van der Waals surface area contributed by atoms with Gasteiger partial charge in [-0.25, -0.2) is 10.3 Å². The van der Waals surface area contributed by atoms with E-state index in [-0.39, 0.29) is 24.3 Å². The molecule has 0 unspecified atom stereocenters. The van der Waals surface area contributed by atoms with Crippen molar-refractivity contribution in [3.05, 3.63) is 29.3 Å². The molecule has 140 valence electrons. The number of urea groups is 1. The lowest BCUT2D eigenvalue weighted by atomic mass is 10.1. The van der Waals surface area contributed by atoms with Gasteiger partial charge in [0.25, 0.3) is 5.91 Å². The molecule has 3 heterocycles. The molecule has 4 rings (SSSR count). The molecule has 3 atom stereocenters. The number of hydrogen-bond donors (Lipinski definition) is 2. The van der Waals surface area contributed by atoms with Crippen LogP contribution >= 0.6 is 0 Å². The second-order valence-electron chi connectivity index (χ2n) is 7.20. The summed E-state index contributed by atoms with van der Waals surface area (Å²) < 4.78 is 11.6. The number of amides is 3. The van der Waals surface area contributed by atoms with E-state index < -0.39 is 5.91 Å². The molecule has 8 heteroatoms. The third-order valence-electron chi connectivity index (χ3n) is 5.34. The van der Waals surface area contributed by atoms with Crippen molar-refractivity contribution in [1.29, 1.82) is 0 Å². The first-order valence-corrected chi connectivity index (χ1v) is 8.96. The molecule has 8 nitrogen and oxygen atoms in total. The van der Waals surface area contributed by atoms with Gasteiger partial charge in [0, 0.05) is 24.2 Å². The van der Waals surface area contributed by atoms with Crippen LogP contribution < -0.4 is 10.2 Å². The molecule has 2 fully saturated rings. The van der Waals surface area contributed by atoms with Crippen molar-refractivity contribution in [2.45, 2.75) is 44.6 Å². The number of benzene rings is 1. The van der Waals surface area contributed by atoms with E-state index in [0.29, 0.717) is 37.6 Å². The van der Waals surface area contributed by atoms with Crippen molar-refractivity contribution in [2.75, 3.05) is 19.7 Å². The number of fused-ring (bicyclic) bond motifs is 3. The van der Waals surface area contributed by atoms with Crippen LogP contribution in [0.25, 0.3) is 0 Å². The summed E-state index contributed by atoms with van der Waals surface area (Å²) in [5, 5.41) is 8.79. The van der Waals surface area contributed by atoms with Gasteiger partial charge in [0.15, 0.2) is 0 Å². The highest BCUT2D eigenvalue weighted by molar-refractivity contribution is 5.93. The standard InChI is InChI=1S/C18H23N3O5/c1-11-10-25-16-6-12(17(22)19-24)2-3-13(16)7-21(11)18(23)20-8-14-4-5-15(9-20)26-14/h2-3,6,11,14-15,24H,4-5,7-10H2,1H3,(H,19,22)/t11-,14+,15+/m0/s1. The molecular weight excluding hydrogens is 338 g/mol. The van der Waals surface area contributed by atoms with E-state index in [1.807, 2.05) is 16.7 Å². The number of hydrogen-bond acceptors (Lipinski definition) is 5. The van der Waals surface area contributed by atoms with Crippen LogP contribution in [0.3, 0.4) is 0 Å². The smallest absolute Gasteiger partial charge is 0.320 e. The summed E-state index contributed by atoms with van der Waals surface area (Å²) in [5.74, 6) is -0.0271. The van der Waals surface area contributed by atoms with Crippen LogP contribution in [0.1, 0.15) is 35.7 Å². The van der Waals surface area contributed by atoms with Gasteiger partial charge in [0.1, 0.15) is 12.4 Å². The Hall–Kier alpha value is -2.32. The number of nitrogens with one attached hydrogen (secondary N) is 1. The van der Waals surface area contributed by atoms with Gasteiger partial charge in [0.05, 0.1) is 24.8 Å². The van der Waals surface area contributed by atoms with E-state index in [4.69, 9.17) is 14.7 Å². The SMILES string of the molecule is C[C@H]1COc2cc(C(=O)NO)ccc2CN1C(=O)N1C[C@H]2CC[C@H](C1)O2. The molecule has 2 N–H and O–H groups in total. The minimum absolute atomic E-state index is 0.00586. The lowest BCUT2D eigenvalue weighted by Crippen LogP contribution is -2.53. The molecule has 0 saturated carbocycles. The second-order valence-corrected chi connectivity index (χ2v) is 7.20. The van der Waals surface area contributed by atoms with Crippen molar-refractivity contribution in [2.24, 2.45) is 0 Å². The fraction of sp³-hybridized carbons (Fsp3) is 0.556. The molecule has 0 spiro atoms. The molecule has 3 aliphatic rings. The Labute approximate surface area is 151 Å². The van der Waals surface area contributed by atoms with E-state index >= 15 is 0 Å². The molecule has 0 aromatic heterocycles. The van der Waals surface area contributed by atoms with E-state index in [9.17, 15) is 9.59 Å². The van der Waals surface area contributed by atoms with Crippen LogP contribution in [0, 0.1) is 0 Å². The second kappa shape index (κ2) is 6.77. The normalized spacial score (nSPS) is 27.4. The average Bonchev–Trinajstić information content (AvgIpc) is 2.90. The lowest BCUT2D eigenvalue weighted by molar-refractivity contribution is -0.0306. The van der Waals surface area contributed by atoms with Crippen molar-refractivity contribution in [1.82, 2.24) is 15.3 Å². The lowest BCUT2D eigenvalue weighted by Gasteiger charge is -2.37. The first-order valence-electron chi connectivity index (χ1n) is 8.96. The molecule has 0 aliphatic carbocycles. The number of carbonyl (C=O) groups excluding carboxylic acids is 2. The summed E-state index contributed by atoms with van der Waals surface area (Å²) in [6.07, 6.45) is 2.35. The number of rotatable bonds is 1. The highest BCUT2D eigenvalue weighted by Crippen LogP contribution is 2.30. The van der Waals surface area contributed by atoms with Crippen molar-refractivity contribution >= 4 is 11.9 Å². The first-order chi connectivity index (χ1) is 12.5. The number of ether oxygens (including phenoxy) is 2. The van der Waals surface area contributed by atoms with Crippen LogP contribution in [-0.2, 0) is 11.3 Å². The monoisotopic (exact) mass is 361 g/mol. The molecule has 3 aliphatic heterocycles. The summed E-state index contributed by atoms with van der Waals surface area (Å²) in [6.45, 7) is 4.01. The fourth-order valence-electron chi connectivity index (χ4n) is 3.87. The molecule has 1 aromatic rings. The average molecular weight is 361 g/mol. The molecular formula is C18H23N3O5. The summed E-state index contributed by atoms with van der Waals surface area (Å²) in [6, 6.07) is 4.89. The van der Waals surface area contributed by atoms with Gasteiger partial charge in [0.2, 0.25) is 0 Å². The number of carbonyl (C=O) groups is 2. The third kappa shape index (κ3) is 3.10. The van der Waals surface area contributed by atoms with Crippen LogP contribution in [0.5, 0.6) is 5.75 Å². The van der Waals surface area contributed by atoms with Gasteiger partial charge in [-0.3, -0.25) is 10.0 Å². The maximum absolute atomic E-state index is 13.1. The Bertz CT molecular complexity index is 713. The van der Waals surface area contributed by atoms with E-state index in [1.54, 1.807) is 23.7 Å². The molecule has 0 radical (unpaired) electrons. The number of nitrogens with zero attached hydrogens (tertiary/aromatic N) is 2. The zero-order chi connectivity index (χ0) is 18.3. The first kappa shape index (κ1) is 17.1. The molecule has 26 heavy (non-hydrogen) atoms. The summed E-state index contributed by atoms with van der Waals surface area (Å²) >= 11 is 0. The Balaban J connectivity index is 1.54. The van der Waals surface area contributed by atoms with Crippen molar-refractivity contribution < 1.29 is 24.3 Å². The minimum Gasteiger partial charge on any atom is -0.491 e. The summed E-state index contributed by atoms with van der Waals surface area (Å²) in [7, 11) is 0. The van der Waals surface area contributed by atoms with Crippen molar-refractivity contribution in [3.63, 3.8) is 0 Å². The Morgan fingerprint density at radius 1 is 1.23 bits per heavy atom. The van der Waals surface area contributed by atoms with E-state index in [2.05, 4.69) is 0 Å². The summed E-state index contributed by atoms with van der Waals surface area (Å²) in [5.41, 5.74) is 2.77. The molecule has 3 amide bonds. The Kier molecular flexibility index (Phi) is 4.46. The van der Waals surface area contributed by atoms with Crippen LogP contribution in [0.15, 0.2) is 18.2 Å². The number of hydroxylamine groups is 1. The molecule has 2 saturated heterocycles.